The summed E-state index contributed by atoms with van der Waals surface area (Å²) in [5, 5.41) is 3.15. The fraction of sp³-hybridized carbons (Fsp3) is 0.0909. The second kappa shape index (κ2) is 5.65. The van der Waals surface area contributed by atoms with Crippen LogP contribution in [0.2, 0.25) is 0 Å². The molecule has 0 aliphatic carbocycles. The third-order valence-electron chi connectivity index (χ3n) is 2.29. The molecule has 2 rings (SSSR count). The zero-order valence-corrected chi connectivity index (χ0v) is 11.2. The van der Waals surface area contributed by atoms with Crippen LogP contribution in [0.5, 0.6) is 5.75 Å². The van der Waals surface area contributed by atoms with Crippen molar-refractivity contribution < 1.29 is 4.74 Å². The van der Waals surface area contributed by atoms with Gasteiger partial charge in [0, 0.05) is 0 Å². The third kappa shape index (κ3) is 2.52. The molecule has 0 spiro atoms. The molecular weight excluding hydrogens is 298 g/mol. The lowest BCUT2D eigenvalue weighted by molar-refractivity contribution is 0.417. The number of nitrogens with zero attached hydrogens (tertiary/aromatic N) is 2. The molecule has 0 saturated carbocycles. The Kier molecular flexibility index (Phi) is 3.96. The van der Waals surface area contributed by atoms with Gasteiger partial charge in [0.15, 0.2) is 5.82 Å². The second-order valence-electron chi connectivity index (χ2n) is 3.35. The number of hydrogen-bond donors (Lipinski definition) is 3. The first-order valence-corrected chi connectivity index (χ1v) is 5.92. The van der Waals surface area contributed by atoms with Gasteiger partial charge in [-0.2, -0.15) is 0 Å². The highest BCUT2D eigenvalue weighted by molar-refractivity contribution is 9.10. The minimum atomic E-state index is 0.502. The van der Waals surface area contributed by atoms with Crippen LogP contribution in [0.25, 0.3) is 0 Å². The maximum Gasteiger partial charge on any atom is 0.159 e. The number of hydrazine groups is 1. The van der Waals surface area contributed by atoms with Crippen LogP contribution in [0.3, 0.4) is 0 Å². The molecule has 2 aromatic rings. The Balaban J connectivity index is 2.34. The molecule has 0 amide bonds. The van der Waals surface area contributed by atoms with E-state index in [0.717, 1.165) is 11.4 Å². The van der Waals surface area contributed by atoms with Gasteiger partial charge in [-0.3, -0.25) is 0 Å². The zero-order valence-electron chi connectivity index (χ0n) is 9.64. The number of aromatic nitrogens is 2. The van der Waals surface area contributed by atoms with Crippen LogP contribution in [0.4, 0.5) is 17.3 Å². The lowest BCUT2D eigenvalue weighted by Crippen LogP contribution is -2.10. The minimum Gasteiger partial charge on any atom is -0.495 e. The van der Waals surface area contributed by atoms with Gasteiger partial charge in [0.05, 0.1) is 12.8 Å². The van der Waals surface area contributed by atoms with Gasteiger partial charge in [-0.25, -0.2) is 15.8 Å². The second-order valence-corrected chi connectivity index (χ2v) is 4.15. The molecule has 1 heterocycles. The molecule has 0 unspecified atom stereocenters. The highest BCUT2D eigenvalue weighted by Crippen LogP contribution is 2.31. The van der Waals surface area contributed by atoms with Gasteiger partial charge in [0.1, 0.15) is 22.4 Å². The molecule has 0 atom stereocenters. The third-order valence-corrected chi connectivity index (χ3v) is 3.04. The Morgan fingerprint density at radius 3 is 2.67 bits per heavy atom. The molecular formula is C11H12BrN5O. The summed E-state index contributed by atoms with van der Waals surface area (Å²) < 4.78 is 5.90. The zero-order chi connectivity index (χ0) is 13.0. The van der Waals surface area contributed by atoms with Gasteiger partial charge in [0.25, 0.3) is 0 Å². The van der Waals surface area contributed by atoms with Crippen molar-refractivity contribution in [2.75, 3.05) is 17.9 Å². The summed E-state index contributed by atoms with van der Waals surface area (Å²) in [7, 11) is 1.61. The fourth-order valence-corrected chi connectivity index (χ4v) is 1.85. The Bertz CT molecular complexity index is 549. The van der Waals surface area contributed by atoms with Gasteiger partial charge in [0.2, 0.25) is 0 Å². The van der Waals surface area contributed by atoms with Crippen LogP contribution >= 0.6 is 15.9 Å². The summed E-state index contributed by atoms with van der Waals surface area (Å²) >= 11 is 3.37. The molecule has 0 fully saturated rings. The van der Waals surface area contributed by atoms with E-state index in [1.54, 1.807) is 7.11 Å². The predicted molar refractivity (Wildman–Crippen MR) is 73.8 cm³/mol. The number of hydrogen-bond acceptors (Lipinski definition) is 6. The molecule has 0 aliphatic heterocycles. The maximum atomic E-state index is 5.35. The number of anilines is 3. The summed E-state index contributed by atoms with van der Waals surface area (Å²) in [5.41, 5.74) is 3.29. The van der Waals surface area contributed by atoms with Crippen molar-refractivity contribution in [2.45, 2.75) is 0 Å². The summed E-state index contributed by atoms with van der Waals surface area (Å²) in [5.74, 6) is 7.18. The number of para-hydroxylation sites is 2. The van der Waals surface area contributed by atoms with Gasteiger partial charge in [-0.15, -0.1) is 0 Å². The standard InChI is InChI=1S/C11H12BrN5O/c1-18-8-5-3-2-4-7(8)16-10-9(12)11(17-13)15-6-14-10/h2-6H,13H2,1H3,(H2,14,15,16,17). The molecule has 7 heteroatoms. The van der Waals surface area contributed by atoms with E-state index in [1.165, 1.54) is 6.33 Å². The molecule has 1 aromatic carbocycles. The largest absolute Gasteiger partial charge is 0.495 e. The van der Waals surface area contributed by atoms with Gasteiger partial charge < -0.3 is 15.5 Å². The van der Waals surface area contributed by atoms with Crippen molar-refractivity contribution in [2.24, 2.45) is 5.84 Å². The van der Waals surface area contributed by atoms with E-state index in [2.05, 4.69) is 36.6 Å². The number of ether oxygens (including phenoxy) is 1. The number of nitrogens with one attached hydrogen (secondary N) is 2. The molecule has 18 heavy (non-hydrogen) atoms. The van der Waals surface area contributed by atoms with Crippen LogP contribution in [-0.4, -0.2) is 17.1 Å². The number of methoxy groups -OCH3 is 1. The van der Waals surface area contributed by atoms with E-state index < -0.39 is 0 Å². The van der Waals surface area contributed by atoms with E-state index in [1.807, 2.05) is 24.3 Å². The molecule has 0 bridgehead atoms. The van der Waals surface area contributed by atoms with Gasteiger partial charge in [-0.1, -0.05) is 12.1 Å². The van der Waals surface area contributed by atoms with Gasteiger partial charge in [-0.05, 0) is 28.1 Å². The fourth-order valence-electron chi connectivity index (χ4n) is 1.43. The first-order valence-electron chi connectivity index (χ1n) is 5.13. The van der Waals surface area contributed by atoms with Crippen LogP contribution < -0.4 is 21.3 Å². The monoisotopic (exact) mass is 309 g/mol. The van der Waals surface area contributed by atoms with E-state index in [9.17, 15) is 0 Å². The predicted octanol–water partition coefficient (Wildman–Crippen LogP) is 2.28. The van der Waals surface area contributed by atoms with Crippen molar-refractivity contribution in [3.8, 4) is 5.75 Å². The smallest absolute Gasteiger partial charge is 0.159 e. The first-order chi connectivity index (χ1) is 8.76. The SMILES string of the molecule is COc1ccccc1Nc1ncnc(NN)c1Br. The summed E-state index contributed by atoms with van der Waals surface area (Å²) in [6, 6.07) is 7.55. The average molecular weight is 310 g/mol. The lowest BCUT2D eigenvalue weighted by Gasteiger charge is -2.12. The van der Waals surface area contributed by atoms with E-state index >= 15 is 0 Å². The molecule has 6 nitrogen and oxygen atoms in total. The number of nitrogen functional groups attached to an aromatic ring is 1. The Morgan fingerprint density at radius 1 is 1.22 bits per heavy atom. The highest BCUT2D eigenvalue weighted by atomic mass is 79.9. The molecule has 0 saturated heterocycles. The maximum absolute atomic E-state index is 5.35. The minimum absolute atomic E-state index is 0.502. The number of halogens is 1. The highest BCUT2D eigenvalue weighted by Gasteiger charge is 2.09. The molecule has 0 aliphatic rings. The Labute approximate surface area is 113 Å². The summed E-state index contributed by atoms with van der Waals surface area (Å²) in [6.07, 6.45) is 1.41. The molecule has 94 valence electrons. The normalized spacial score (nSPS) is 9.94. The number of nitrogens with two attached hydrogens (primary N) is 1. The first kappa shape index (κ1) is 12.6. The van der Waals surface area contributed by atoms with E-state index in [4.69, 9.17) is 10.6 Å². The average Bonchev–Trinajstić information content (AvgIpc) is 2.42. The van der Waals surface area contributed by atoms with Crippen molar-refractivity contribution in [1.82, 2.24) is 9.97 Å². The number of rotatable bonds is 4. The summed E-state index contributed by atoms with van der Waals surface area (Å²) in [6.45, 7) is 0. The lowest BCUT2D eigenvalue weighted by atomic mass is 10.3. The van der Waals surface area contributed by atoms with E-state index in [0.29, 0.717) is 16.1 Å². The van der Waals surface area contributed by atoms with Crippen LogP contribution in [0.1, 0.15) is 0 Å². The Hall–Kier alpha value is -1.86. The molecule has 1 aromatic heterocycles. The van der Waals surface area contributed by atoms with Crippen molar-refractivity contribution in [3.63, 3.8) is 0 Å². The number of benzene rings is 1. The molecule has 4 N–H and O–H groups in total. The van der Waals surface area contributed by atoms with Crippen LogP contribution in [0.15, 0.2) is 35.1 Å². The van der Waals surface area contributed by atoms with Crippen LogP contribution in [-0.2, 0) is 0 Å². The quantitative estimate of drug-likeness (QED) is 0.593. The van der Waals surface area contributed by atoms with Crippen LogP contribution in [0, 0.1) is 0 Å². The van der Waals surface area contributed by atoms with E-state index in [-0.39, 0.29) is 0 Å². The Morgan fingerprint density at radius 2 is 1.94 bits per heavy atom. The topological polar surface area (TPSA) is 85.1 Å². The molecule has 0 radical (unpaired) electrons. The summed E-state index contributed by atoms with van der Waals surface area (Å²) in [4.78, 5) is 8.11. The van der Waals surface area contributed by atoms with Crippen molar-refractivity contribution >= 4 is 33.3 Å². The van der Waals surface area contributed by atoms with Crippen molar-refractivity contribution in [1.29, 1.82) is 0 Å². The van der Waals surface area contributed by atoms with Gasteiger partial charge >= 0.3 is 0 Å². The van der Waals surface area contributed by atoms with Crippen molar-refractivity contribution in [3.05, 3.63) is 35.1 Å².